The van der Waals surface area contributed by atoms with Crippen LogP contribution >= 0.6 is 0 Å². The van der Waals surface area contributed by atoms with Crippen molar-refractivity contribution in [3.8, 4) is 0 Å². The van der Waals surface area contributed by atoms with Gasteiger partial charge in [0.05, 0.1) is 6.04 Å². The molecule has 4 heteroatoms. The lowest BCUT2D eigenvalue weighted by atomic mass is 10.1. The third-order valence-electron chi connectivity index (χ3n) is 2.98. The summed E-state index contributed by atoms with van der Waals surface area (Å²) in [6.07, 6.45) is 1.54. The molecule has 1 heterocycles. The molecule has 0 saturated carbocycles. The molecule has 1 aromatic carbocycles. The molecule has 1 aliphatic rings. The number of nitrogens with zero attached hydrogens (tertiary/aromatic N) is 1. The smallest absolute Gasteiger partial charge is 0.414 e. The van der Waals surface area contributed by atoms with Gasteiger partial charge >= 0.3 is 6.09 Å². The molecular formula is C13H18N2O2. The van der Waals surface area contributed by atoms with Crippen LogP contribution in [0.25, 0.3) is 0 Å². The third kappa shape index (κ3) is 2.58. The molecule has 0 radical (unpaired) electrons. The Hall–Kier alpha value is -1.55. The predicted octanol–water partition coefficient (Wildman–Crippen LogP) is 2.06. The van der Waals surface area contributed by atoms with Crippen LogP contribution in [0.1, 0.15) is 18.4 Å². The molecule has 1 unspecified atom stereocenters. The number of hydrogen-bond acceptors (Lipinski definition) is 3. The van der Waals surface area contributed by atoms with Crippen LogP contribution in [0.5, 0.6) is 0 Å². The Bertz CT molecular complexity index is 406. The van der Waals surface area contributed by atoms with Crippen molar-refractivity contribution in [1.82, 2.24) is 0 Å². The van der Waals surface area contributed by atoms with E-state index in [9.17, 15) is 4.79 Å². The van der Waals surface area contributed by atoms with Crippen molar-refractivity contribution in [3.63, 3.8) is 0 Å². The fourth-order valence-electron chi connectivity index (χ4n) is 2.12. The first-order valence-corrected chi connectivity index (χ1v) is 5.95. The number of aryl methyl sites for hydroxylation is 1. The van der Waals surface area contributed by atoms with E-state index in [-0.39, 0.29) is 12.1 Å². The van der Waals surface area contributed by atoms with E-state index in [0.29, 0.717) is 13.2 Å². The minimum Gasteiger partial charge on any atom is -0.447 e. The van der Waals surface area contributed by atoms with Gasteiger partial charge in [0.15, 0.2) is 0 Å². The molecule has 1 atom stereocenters. The summed E-state index contributed by atoms with van der Waals surface area (Å²) in [6, 6.07) is 8.03. The number of ether oxygens (including phenoxy) is 1. The highest BCUT2D eigenvalue weighted by Gasteiger charge is 2.33. The molecule has 1 fully saturated rings. The molecule has 4 nitrogen and oxygen atoms in total. The average Bonchev–Trinajstić information content (AvgIpc) is 2.68. The third-order valence-corrected chi connectivity index (χ3v) is 2.98. The summed E-state index contributed by atoms with van der Waals surface area (Å²) in [5.41, 5.74) is 7.56. The predicted molar refractivity (Wildman–Crippen MR) is 67.1 cm³/mol. The molecule has 1 amide bonds. The number of rotatable bonds is 4. The van der Waals surface area contributed by atoms with Crippen LogP contribution in [-0.2, 0) is 4.74 Å². The highest BCUT2D eigenvalue weighted by Crippen LogP contribution is 2.25. The average molecular weight is 234 g/mol. The Kier molecular flexibility index (Phi) is 3.64. The van der Waals surface area contributed by atoms with Gasteiger partial charge in [0.2, 0.25) is 0 Å². The van der Waals surface area contributed by atoms with E-state index in [2.05, 4.69) is 0 Å². The van der Waals surface area contributed by atoms with Crippen molar-refractivity contribution in [1.29, 1.82) is 0 Å². The van der Waals surface area contributed by atoms with E-state index in [4.69, 9.17) is 10.5 Å². The molecule has 0 aromatic heterocycles. The maximum atomic E-state index is 11.7. The monoisotopic (exact) mass is 234 g/mol. The number of cyclic esters (lactones) is 1. The van der Waals surface area contributed by atoms with Crippen LogP contribution in [0.3, 0.4) is 0 Å². The Balaban J connectivity index is 2.18. The van der Waals surface area contributed by atoms with Crippen LogP contribution in [0.15, 0.2) is 24.3 Å². The minimum absolute atomic E-state index is 0.118. The standard InChI is InChI=1S/C13H18N2O2/c1-10-4-2-5-11(8-10)15-12(6-3-7-14)9-17-13(15)16/h2,4-5,8,12H,3,6-7,9,14H2,1H3. The normalized spacial score (nSPS) is 19.5. The van der Waals surface area contributed by atoms with Gasteiger partial charge in [-0.2, -0.15) is 0 Å². The lowest BCUT2D eigenvalue weighted by Crippen LogP contribution is -2.33. The number of amides is 1. The van der Waals surface area contributed by atoms with Crippen LogP contribution < -0.4 is 10.6 Å². The lowest BCUT2D eigenvalue weighted by Gasteiger charge is -2.21. The zero-order valence-corrected chi connectivity index (χ0v) is 10.1. The second-order valence-corrected chi connectivity index (χ2v) is 4.37. The SMILES string of the molecule is Cc1cccc(N2C(=O)OCC2CCCN)c1. The first kappa shape index (κ1) is 11.9. The Labute approximate surface area is 101 Å². The topological polar surface area (TPSA) is 55.6 Å². The fraction of sp³-hybridized carbons (Fsp3) is 0.462. The van der Waals surface area contributed by atoms with E-state index in [1.54, 1.807) is 4.90 Å². The van der Waals surface area contributed by atoms with Crippen molar-refractivity contribution >= 4 is 11.8 Å². The lowest BCUT2D eigenvalue weighted by molar-refractivity contribution is 0.178. The van der Waals surface area contributed by atoms with Crippen LogP contribution in [0.2, 0.25) is 0 Å². The minimum atomic E-state index is -0.252. The molecule has 2 rings (SSSR count). The van der Waals surface area contributed by atoms with Gasteiger partial charge in [-0.25, -0.2) is 4.79 Å². The molecular weight excluding hydrogens is 216 g/mol. The maximum Gasteiger partial charge on any atom is 0.414 e. The molecule has 1 aliphatic heterocycles. The van der Waals surface area contributed by atoms with Gasteiger partial charge in [-0.1, -0.05) is 12.1 Å². The molecule has 0 aliphatic carbocycles. The molecule has 17 heavy (non-hydrogen) atoms. The summed E-state index contributed by atoms with van der Waals surface area (Å²) in [5, 5.41) is 0. The second-order valence-electron chi connectivity index (χ2n) is 4.37. The largest absolute Gasteiger partial charge is 0.447 e. The van der Waals surface area contributed by atoms with Crippen molar-refractivity contribution in [2.45, 2.75) is 25.8 Å². The van der Waals surface area contributed by atoms with E-state index in [0.717, 1.165) is 24.1 Å². The molecule has 92 valence electrons. The Morgan fingerprint density at radius 2 is 2.35 bits per heavy atom. The van der Waals surface area contributed by atoms with Crippen molar-refractivity contribution in [2.24, 2.45) is 5.73 Å². The van der Waals surface area contributed by atoms with Gasteiger partial charge in [-0.15, -0.1) is 0 Å². The van der Waals surface area contributed by atoms with Gasteiger partial charge in [0, 0.05) is 5.69 Å². The molecule has 0 bridgehead atoms. The van der Waals surface area contributed by atoms with Crippen molar-refractivity contribution in [2.75, 3.05) is 18.1 Å². The number of anilines is 1. The summed E-state index contributed by atoms with van der Waals surface area (Å²) >= 11 is 0. The van der Waals surface area contributed by atoms with Gasteiger partial charge in [-0.05, 0) is 44.0 Å². The molecule has 2 N–H and O–H groups in total. The summed E-state index contributed by atoms with van der Waals surface area (Å²) in [4.78, 5) is 13.5. The van der Waals surface area contributed by atoms with Crippen LogP contribution in [0.4, 0.5) is 10.5 Å². The zero-order valence-electron chi connectivity index (χ0n) is 10.1. The quantitative estimate of drug-likeness (QED) is 0.867. The highest BCUT2D eigenvalue weighted by molar-refractivity contribution is 5.90. The summed E-state index contributed by atoms with van der Waals surface area (Å²) in [6.45, 7) is 3.12. The number of carbonyl (C=O) groups excluding carboxylic acids is 1. The van der Waals surface area contributed by atoms with Crippen molar-refractivity contribution < 1.29 is 9.53 Å². The first-order chi connectivity index (χ1) is 8.22. The van der Waals surface area contributed by atoms with Crippen LogP contribution in [-0.4, -0.2) is 25.3 Å². The summed E-state index contributed by atoms with van der Waals surface area (Å²) < 4.78 is 5.12. The Morgan fingerprint density at radius 3 is 3.06 bits per heavy atom. The van der Waals surface area contributed by atoms with E-state index >= 15 is 0 Å². The summed E-state index contributed by atoms with van der Waals surface area (Å²) in [5.74, 6) is 0. The maximum absolute atomic E-state index is 11.7. The number of nitrogens with two attached hydrogens (primary N) is 1. The van der Waals surface area contributed by atoms with Crippen molar-refractivity contribution in [3.05, 3.63) is 29.8 Å². The van der Waals surface area contributed by atoms with Gasteiger partial charge in [0.1, 0.15) is 6.61 Å². The molecule has 0 spiro atoms. The van der Waals surface area contributed by atoms with E-state index in [1.807, 2.05) is 31.2 Å². The van der Waals surface area contributed by atoms with E-state index < -0.39 is 0 Å². The number of benzene rings is 1. The number of carbonyl (C=O) groups is 1. The van der Waals surface area contributed by atoms with Gasteiger partial charge in [0.25, 0.3) is 0 Å². The fourth-order valence-corrected chi connectivity index (χ4v) is 2.12. The van der Waals surface area contributed by atoms with Gasteiger partial charge < -0.3 is 10.5 Å². The second kappa shape index (κ2) is 5.19. The molecule has 1 aromatic rings. The summed E-state index contributed by atoms with van der Waals surface area (Å²) in [7, 11) is 0. The highest BCUT2D eigenvalue weighted by atomic mass is 16.6. The zero-order chi connectivity index (χ0) is 12.3. The number of hydrogen-bond donors (Lipinski definition) is 1. The Morgan fingerprint density at radius 1 is 1.53 bits per heavy atom. The van der Waals surface area contributed by atoms with E-state index in [1.165, 1.54) is 0 Å². The van der Waals surface area contributed by atoms with Gasteiger partial charge in [-0.3, -0.25) is 4.90 Å². The molecule has 1 saturated heterocycles. The first-order valence-electron chi connectivity index (χ1n) is 5.95. The van der Waals surface area contributed by atoms with Crippen LogP contribution in [0, 0.1) is 6.92 Å².